The molecule has 0 saturated heterocycles. The summed E-state index contributed by atoms with van der Waals surface area (Å²) in [4.78, 5) is 29.4. The highest BCUT2D eigenvalue weighted by Gasteiger charge is 2.35. The second kappa shape index (κ2) is 5.70. The van der Waals surface area contributed by atoms with Gasteiger partial charge >= 0.3 is 5.97 Å². The highest BCUT2D eigenvalue weighted by atomic mass is 32.1. The van der Waals surface area contributed by atoms with Crippen molar-refractivity contribution in [2.45, 2.75) is 51.5 Å². The molecule has 1 atom stereocenters. The van der Waals surface area contributed by atoms with Crippen LogP contribution in [0.25, 0.3) is 0 Å². The molecule has 8 heteroatoms. The summed E-state index contributed by atoms with van der Waals surface area (Å²) in [6.07, 6.45) is 4.77. The Morgan fingerprint density at radius 1 is 1.42 bits per heavy atom. The molecular weight excluding hydrogens is 328 g/mol. The number of hydrogen-bond acceptors (Lipinski definition) is 5. The molecule has 2 aliphatic rings. The molecule has 2 aromatic heterocycles. The topological polar surface area (TPSA) is 97.1 Å². The van der Waals surface area contributed by atoms with E-state index in [0.717, 1.165) is 29.1 Å². The van der Waals surface area contributed by atoms with Crippen LogP contribution in [0.15, 0.2) is 0 Å². The minimum Gasteiger partial charge on any atom is -0.480 e. The van der Waals surface area contributed by atoms with Crippen LogP contribution < -0.4 is 5.32 Å². The van der Waals surface area contributed by atoms with Crippen molar-refractivity contribution in [3.63, 3.8) is 0 Å². The smallest absolute Gasteiger partial charge is 0.325 e. The van der Waals surface area contributed by atoms with E-state index in [1.807, 2.05) is 6.92 Å². The van der Waals surface area contributed by atoms with Crippen LogP contribution >= 0.6 is 11.3 Å². The first-order valence-corrected chi connectivity index (χ1v) is 8.92. The summed E-state index contributed by atoms with van der Waals surface area (Å²) in [5, 5.41) is 17.1. The van der Waals surface area contributed by atoms with Gasteiger partial charge in [0.2, 0.25) is 5.91 Å². The minimum absolute atomic E-state index is 0.118. The summed E-state index contributed by atoms with van der Waals surface area (Å²) >= 11 is 1.69. The molecule has 3 heterocycles. The molecule has 1 aliphatic carbocycles. The minimum atomic E-state index is -0.985. The summed E-state index contributed by atoms with van der Waals surface area (Å²) in [6, 6.07) is 0. The van der Waals surface area contributed by atoms with Gasteiger partial charge < -0.3 is 10.4 Å². The molecule has 2 N–H and O–H groups in total. The number of nitrogens with one attached hydrogen (secondary N) is 1. The molecular formula is C16H18N4O3S. The number of amides is 1. The number of anilines is 1. The van der Waals surface area contributed by atoms with Gasteiger partial charge in [0.25, 0.3) is 0 Å². The number of hydrogen-bond donors (Lipinski definition) is 2. The Kier molecular flexibility index (Phi) is 3.64. The average molecular weight is 346 g/mol. The molecule has 0 aromatic carbocycles. The van der Waals surface area contributed by atoms with Crippen molar-refractivity contribution in [3.05, 3.63) is 26.8 Å². The van der Waals surface area contributed by atoms with Gasteiger partial charge in [0, 0.05) is 16.9 Å². The van der Waals surface area contributed by atoms with E-state index in [-0.39, 0.29) is 18.4 Å². The molecule has 2 aromatic rings. The number of fused-ring (bicyclic) bond motifs is 2. The maximum Gasteiger partial charge on any atom is 0.325 e. The summed E-state index contributed by atoms with van der Waals surface area (Å²) in [5.41, 5.74) is 2.83. The van der Waals surface area contributed by atoms with Crippen LogP contribution in [0.5, 0.6) is 0 Å². The van der Waals surface area contributed by atoms with Crippen LogP contribution in [0.3, 0.4) is 0 Å². The van der Waals surface area contributed by atoms with E-state index in [1.54, 1.807) is 11.3 Å². The van der Waals surface area contributed by atoms with Gasteiger partial charge in [0.15, 0.2) is 0 Å². The van der Waals surface area contributed by atoms with Crippen LogP contribution in [-0.2, 0) is 29.0 Å². The maximum atomic E-state index is 12.2. The van der Waals surface area contributed by atoms with Crippen molar-refractivity contribution in [2.75, 3.05) is 5.32 Å². The van der Waals surface area contributed by atoms with Gasteiger partial charge in [-0.15, -0.1) is 11.3 Å². The molecule has 0 fully saturated rings. The second-order valence-electron chi connectivity index (χ2n) is 6.33. The third kappa shape index (κ3) is 2.50. The summed E-state index contributed by atoms with van der Waals surface area (Å²) in [6.45, 7) is 1.59. The highest BCUT2D eigenvalue weighted by molar-refractivity contribution is 7.11. The fourth-order valence-electron chi connectivity index (χ4n) is 3.59. The van der Waals surface area contributed by atoms with Crippen molar-refractivity contribution in [1.29, 1.82) is 0 Å². The third-order valence-electron chi connectivity index (χ3n) is 4.61. The molecule has 0 spiro atoms. The van der Waals surface area contributed by atoms with Crippen LogP contribution in [0.1, 0.15) is 52.0 Å². The van der Waals surface area contributed by atoms with Crippen molar-refractivity contribution in [1.82, 2.24) is 14.8 Å². The standard InChI is InChI=1S/C16H18N4O3S/c1-8-14-9(16-17-10-4-2-3-5-11(10)24-16)6-12(21)18-15(14)20(19-8)7-13(22)23/h9H,2-7H2,1H3,(H,18,21)(H,22,23). The number of aromatic nitrogens is 3. The Hall–Kier alpha value is -2.22. The van der Waals surface area contributed by atoms with E-state index in [0.29, 0.717) is 12.2 Å². The van der Waals surface area contributed by atoms with E-state index >= 15 is 0 Å². The number of nitrogens with zero attached hydrogens (tertiary/aromatic N) is 3. The van der Waals surface area contributed by atoms with Crippen molar-refractivity contribution < 1.29 is 14.7 Å². The van der Waals surface area contributed by atoms with Crippen molar-refractivity contribution in [3.8, 4) is 0 Å². The van der Waals surface area contributed by atoms with Gasteiger partial charge in [0.05, 0.1) is 17.3 Å². The van der Waals surface area contributed by atoms with E-state index in [9.17, 15) is 9.59 Å². The lowest BCUT2D eigenvalue weighted by atomic mass is 9.92. The van der Waals surface area contributed by atoms with Crippen LogP contribution in [0, 0.1) is 6.92 Å². The predicted molar refractivity (Wildman–Crippen MR) is 88.4 cm³/mol. The Labute approximate surface area is 142 Å². The van der Waals surface area contributed by atoms with E-state index in [1.165, 1.54) is 28.1 Å². The van der Waals surface area contributed by atoms with Crippen molar-refractivity contribution >= 4 is 29.0 Å². The number of carbonyl (C=O) groups is 2. The molecule has 1 unspecified atom stereocenters. The zero-order valence-corrected chi connectivity index (χ0v) is 14.2. The zero-order valence-electron chi connectivity index (χ0n) is 13.3. The Morgan fingerprint density at radius 3 is 2.96 bits per heavy atom. The Bertz CT molecular complexity index is 815. The van der Waals surface area contributed by atoms with Crippen molar-refractivity contribution in [2.24, 2.45) is 0 Å². The molecule has 1 amide bonds. The predicted octanol–water partition coefficient (Wildman–Crippen LogP) is 2.09. The largest absolute Gasteiger partial charge is 0.480 e. The Morgan fingerprint density at radius 2 is 2.21 bits per heavy atom. The number of carbonyl (C=O) groups excluding carboxylic acids is 1. The van der Waals surface area contributed by atoms with Gasteiger partial charge in [-0.2, -0.15) is 5.10 Å². The van der Waals surface area contributed by atoms with Crippen LogP contribution in [-0.4, -0.2) is 31.7 Å². The third-order valence-corrected chi connectivity index (χ3v) is 5.89. The fourth-order valence-corrected chi connectivity index (χ4v) is 4.85. The van der Waals surface area contributed by atoms with Gasteiger partial charge in [-0.1, -0.05) is 0 Å². The van der Waals surface area contributed by atoms with E-state index in [2.05, 4.69) is 10.4 Å². The zero-order chi connectivity index (χ0) is 16.8. The van der Waals surface area contributed by atoms with Crippen LogP contribution in [0.4, 0.5) is 5.82 Å². The second-order valence-corrected chi connectivity index (χ2v) is 7.45. The number of rotatable bonds is 3. The fraction of sp³-hybridized carbons (Fsp3) is 0.500. The molecule has 0 saturated carbocycles. The highest BCUT2D eigenvalue weighted by Crippen LogP contribution is 2.42. The average Bonchev–Trinajstić information content (AvgIpc) is 3.08. The SMILES string of the molecule is Cc1nn(CC(=O)O)c2c1C(c1nc3c(s1)CCCC3)CC(=O)N2. The maximum absolute atomic E-state index is 12.2. The normalized spacial score (nSPS) is 19.5. The molecule has 1 aliphatic heterocycles. The number of aryl methyl sites for hydroxylation is 3. The number of aliphatic carboxylic acids is 1. The molecule has 126 valence electrons. The van der Waals surface area contributed by atoms with E-state index < -0.39 is 5.97 Å². The first-order chi connectivity index (χ1) is 11.5. The lowest BCUT2D eigenvalue weighted by Gasteiger charge is -2.22. The molecule has 7 nitrogen and oxygen atoms in total. The first kappa shape index (κ1) is 15.3. The number of carboxylic acid groups (broad SMARTS) is 1. The first-order valence-electron chi connectivity index (χ1n) is 8.10. The summed E-state index contributed by atoms with van der Waals surface area (Å²) in [5.74, 6) is -0.732. The number of thiazole rings is 1. The van der Waals surface area contributed by atoms with Gasteiger partial charge in [-0.05, 0) is 32.6 Å². The van der Waals surface area contributed by atoms with Gasteiger partial charge in [-0.25, -0.2) is 9.67 Å². The quantitative estimate of drug-likeness (QED) is 0.887. The Balaban J connectivity index is 1.78. The number of carboxylic acids is 1. The monoisotopic (exact) mass is 346 g/mol. The van der Waals surface area contributed by atoms with Crippen LogP contribution in [0.2, 0.25) is 0 Å². The van der Waals surface area contributed by atoms with Gasteiger partial charge in [0.1, 0.15) is 17.4 Å². The summed E-state index contributed by atoms with van der Waals surface area (Å²) in [7, 11) is 0. The molecule has 24 heavy (non-hydrogen) atoms. The van der Waals surface area contributed by atoms with Gasteiger partial charge in [-0.3, -0.25) is 9.59 Å². The van der Waals surface area contributed by atoms with E-state index in [4.69, 9.17) is 10.1 Å². The molecule has 4 rings (SSSR count). The molecule has 0 radical (unpaired) electrons. The summed E-state index contributed by atoms with van der Waals surface area (Å²) < 4.78 is 1.37. The lowest BCUT2D eigenvalue weighted by Crippen LogP contribution is -2.26. The lowest BCUT2D eigenvalue weighted by molar-refractivity contribution is -0.137. The molecule has 0 bridgehead atoms.